The highest BCUT2D eigenvalue weighted by molar-refractivity contribution is 5.01. The van der Waals surface area contributed by atoms with Gasteiger partial charge in [0.05, 0.1) is 12.8 Å². The highest BCUT2D eigenvalue weighted by Crippen LogP contribution is 2.31. The minimum absolute atomic E-state index is 0.714. The lowest BCUT2D eigenvalue weighted by atomic mass is 10.1. The Morgan fingerprint density at radius 3 is 2.88 bits per heavy atom. The van der Waals surface area contributed by atoms with Crippen LogP contribution in [0, 0.1) is 0 Å². The zero-order valence-corrected chi connectivity index (χ0v) is 9.69. The molecule has 3 rings (SSSR count). The van der Waals surface area contributed by atoms with E-state index in [9.17, 15) is 0 Å². The van der Waals surface area contributed by atoms with Gasteiger partial charge < -0.3 is 9.73 Å². The number of hydrogen-bond acceptors (Lipinski definition) is 3. The molecule has 1 saturated carbocycles. The van der Waals surface area contributed by atoms with Crippen LogP contribution in [-0.4, -0.2) is 30.1 Å². The van der Waals surface area contributed by atoms with Crippen LogP contribution >= 0.6 is 0 Å². The van der Waals surface area contributed by atoms with Crippen LogP contribution in [0.15, 0.2) is 22.8 Å². The summed E-state index contributed by atoms with van der Waals surface area (Å²) in [5.74, 6) is 1.11. The number of nitrogens with one attached hydrogen (secondary N) is 1. The molecule has 0 aromatic carbocycles. The van der Waals surface area contributed by atoms with E-state index < -0.39 is 0 Å². The summed E-state index contributed by atoms with van der Waals surface area (Å²) in [6, 6.07) is 5.60. The molecular weight excluding hydrogens is 200 g/mol. The highest BCUT2D eigenvalue weighted by atomic mass is 16.3. The van der Waals surface area contributed by atoms with Crippen LogP contribution in [-0.2, 0) is 6.54 Å². The molecule has 1 unspecified atom stereocenters. The van der Waals surface area contributed by atoms with Gasteiger partial charge in [-0.15, -0.1) is 0 Å². The molecule has 1 aliphatic heterocycles. The third kappa shape index (κ3) is 2.30. The topological polar surface area (TPSA) is 28.4 Å². The molecule has 1 atom stereocenters. The minimum Gasteiger partial charge on any atom is -0.468 e. The fraction of sp³-hybridized carbons (Fsp3) is 0.692. The number of nitrogens with zero attached hydrogens (tertiary/aromatic N) is 1. The van der Waals surface area contributed by atoms with Crippen molar-refractivity contribution in [2.24, 2.45) is 0 Å². The first kappa shape index (κ1) is 10.4. The van der Waals surface area contributed by atoms with Gasteiger partial charge in [-0.3, -0.25) is 4.90 Å². The molecule has 2 aliphatic rings. The predicted octanol–water partition coefficient (Wildman–Crippen LogP) is 2.00. The van der Waals surface area contributed by atoms with Crippen LogP contribution in [0.25, 0.3) is 0 Å². The van der Waals surface area contributed by atoms with Crippen LogP contribution in [0.3, 0.4) is 0 Å². The summed E-state index contributed by atoms with van der Waals surface area (Å²) in [6.45, 7) is 3.33. The molecule has 2 heterocycles. The molecular formula is C13H20N2O. The van der Waals surface area contributed by atoms with Crippen molar-refractivity contribution in [1.82, 2.24) is 10.2 Å². The molecule has 1 aliphatic carbocycles. The predicted molar refractivity (Wildman–Crippen MR) is 63.2 cm³/mol. The van der Waals surface area contributed by atoms with Crippen LogP contribution in [0.2, 0.25) is 0 Å². The maximum Gasteiger partial charge on any atom is 0.117 e. The Morgan fingerprint density at radius 2 is 2.25 bits per heavy atom. The van der Waals surface area contributed by atoms with E-state index in [1.54, 1.807) is 6.26 Å². The van der Waals surface area contributed by atoms with E-state index in [0.29, 0.717) is 6.04 Å². The number of rotatable bonds is 4. The van der Waals surface area contributed by atoms with E-state index in [1.807, 2.05) is 6.07 Å². The van der Waals surface area contributed by atoms with Crippen molar-refractivity contribution in [3.05, 3.63) is 24.2 Å². The number of piperidine rings is 1. The van der Waals surface area contributed by atoms with Crippen molar-refractivity contribution in [3.8, 4) is 0 Å². The molecule has 3 heteroatoms. The largest absolute Gasteiger partial charge is 0.468 e. The molecule has 0 spiro atoms. The Balaban J connectivity index is 1.65. The van der Waals surface area contributed by atoms with Crippen molar-refractivity contribution < 1.29 is 4.42 Å². The molecule has 88 valence electrons. The molecule has 2 fully saturated rings. The molecule has 0 radical (unpaired) electrons. The first-order chi connectivity index (χ1) is 7.93. The van der Waals surface area contributed by atoms with Crippen LogP contribution in [0.4, 0.5) is 0 Å². The third-order valence-corrected chi connectivity index (χ3v) is 3.67. The second kappa shape index (κ2) is 4.60. The van der Waals surface area contributed by atoms with E-state index >= 15 is 0 Å². The van der Waals surface area contributed by atoms with E-state index in [-0.39, 0.29) is 0 Å². The molecule has 1 aromatic heterocycles. The second-order valence-electron chi connectivity index (χ2n) is 4.98. The van der Waals surface area contributed by atoms with Crippen molar-refractivity contribution in [2.75, 3.05) is 13.1 Å². The van der Waals surface area contributed by atoms with Gasteiger partial charge in [0.25, 0.3) is 0 Å². The van der Waals surface area contributed by atoms with Crippen molar-refractivity contribution in [2.45, 2.75) is 44.3 Å². The lowest BCUT2D eigenvalue weighted by Gasteiger charge is -2.34. The summed E-state index contributed by atoms with van der Waals surface area (Å²) in [5.41, 5.74) is 0. The first-order valence-electron chi connectivity index (χ1n) is 6.42. The smallest absolute Gasteiger partial charge is 0.117 e. The lowest BCUT2D eigenvalue weighted by molar-refractivity contribution is 0.138. The summed E-state index contributed by atoms with van der Waals surface area (Å²) >= 11 is 0. The van der Waals surface area contributed by atoms with Crippen LogP contribution < -0.4 is 5.32 Å². The van der Waals surface area contributed by atoms with E-state index in [0.717, 1.165) is 24.9 Å². The second-order valence-corrected chi connectivity index (χ2v) is 4.98. The van der Waals surface area contributed by atoms with Gasteiger partial charge in [-0.2, -0.15) is 0 Å². The monoisotopic (exact) mass is 220 g/mol. The van der Waals surface area contributed by atoms with Crippen LogP contribution in [0.5, 0.6) is 0 Å². The van der Waals surface area contributed by atoms with Crippen molar-refractivity contribution in [3.63, 3.8) is 0 Å². The summed E-state index contributed by atoms with van der Waals surface area (Å²) in [6.07, 6.45) is 7.17. The number of furan rings is 1. The van der Waals surface area contributed by atoms with Crippen molar-refractivity contribution >= 4 is 0 Å². The maximum absolute atomic E-state index is 5.47. The van der Waals surface area contributed by atoms with Gasteiger partial charge in [-0.1, -0.05) is 0 Å². The highest BCUT2D eigenvalue weighted by Gasteiger charge is 2.34. The molecule has 1 saturated heterocycles. The molecule has 16 heavy (non-hydrogen) atoms. The Hall–Kier alpha value is -0.800. The summed E-state index contributed by atoms with van der Waals surface area (Å²) in [7, 11) is 0. The lowest BCUT2D eigenvalue weighted by Crippen LogP contribution is -2.46. The summed E-state index contributed by atoms with van der Waals surface area (Å²) in [5, 5.41) is 3.51. The molecule has 3 nitrogen and oxygen atoms in total. The Bertz CT molecular complexity index is 313. The maximum atomic E-state index is 5.47. The average Bonchev–Trinajstić information content (AvgIpc) is 3.05. The molecule has 0 bridgehead atoms. The number of hydrogen-bond donors (Lipinski definition) is 1. The fourth-order valence-electron chi connectivity index (χ4n) is 2.66. The van der Waals surface area contributed by atoms with Gasteiger partial charge in [0.1, 0.15) is 5.76 Å². The molecule has 0 amide bonds. The van der Waals surface area contributed by atoms with E-state index in [2.05, 4.69) is 16.3 Å². The van der Waals surface area contributed by atoms with Gasteiger partial charge in [0.15, 0.2) is 0 Å². The Morgan fingerprint density at radius 1 is 1.31 bits per heavy atom. The fourth-order valence-corrected chi connectivity index (χ4v) is 2.66. The minimum atomic E-state index is 0.714. The van der Waals surface area contributed by atoms with Crippen molar-refractivity contribution in [1.29, 1.82) is 0 Å². The Labute approximate surface area is 96.8 Å². The Kier molecular flexibility index (Phi) is 2.98. The van der Waals surface area contributed by atoms with Crippen LogP contribution in [0.1, 0.15) is 31.4 Å². The summed E-state index contributed by atoms with van der Waals surface area (Å²) in [4.78, 5) is 2.64. The standard InChI is InChI=1S/C13H20N2O/c1-3-12(9-14-7-1)15(11-5-6-11)10-13-4-2-8-16-13/h2,4,8,11-12,14H,1,3,5-7,9-10H2. The summed E-state index contributed by atoms with van der Waals surface area (Å²) < 4.78 is 5.47. The normalized spacial score (nSPS) is 26.2. The zero-order chi connectivity index (χ0) is 10.8. The van der Waals surface area contributed by atoms with Gasteiger partial charge in [-0.25, -0.2) is 0 Å². The van der Waals surface area contributed by atoms with Gasteiger partial charge in [0, 0.05) is 18.6 Å². The van der Waals surface area contributed by atoms with Gasteiger partial charge in [0.2, 0.25) is 0 Å². The van der Waals surface area contributed by atoms with Gasteiger partial charge >= 0.3 is 0 Å². The SMILES string of the molecule is c1coc(CN(C2CC2)C2CCCNC2)c1. The quantitative estimate of drug-likeness (QED) is 0.841. The zero-order valence-electron chi connectivity index (χ0n) is 9.69. The van der Waals surface area contributed by atoms with Gasteiger partial charge in [-0.05, 0) is 44.4 Å². The third-order valence-electron chi connectivity index (χ3n) is 3.67. The average molecular weight is 220 g/mol. The van der Waals surface area contributed by atoms with E-state index in [4.69, 9.17) is 4.42 Å². The molecule has 1 N–H and O–H groups in total. The first-order valence-corrected chi connectivity index (χ1v) is 6.42. The van der Waals surface area contributed by atoms with E-state index in [1.165, 1.54) is 32.2 Å². The molecule has 1 aromatic rings.